The molecule has 0 bridgehead atoms. The Morgan fingerprint density at radius 1 is 0.941 bits per heavy atom. The molecule has 2 N–H and O–H groups in total. The second-order valence-corrected chi connectivity index (χ2v) is 4.66. The summed E-state index contributed by atoms with van der Waals surface area (Å²) in [4.78, 5) is 4.99. The van der Waals surface area contributed by atoms with Crippen LogP contribution in [0.15, 0.2) is 30.3 Å². The molecule has 0 amide bonds. The fraction of sp³-hybridized carbons (Fsp3) is 0.571. The topological polar surface area (TPSA) is 32.5 Å². The van der Waals surface area contributed by atoms with Gasteiger partial charge in [-0.25, -0.2) is 0 Å². The summed E-state index contributed by atoms with van der Waals surface area (Å²) in [5.74, 6) is 0. The van der Waals surface area contributed by atoms with Crippen LogP contribution in [0.4, 0.5) is 5.69 Å². The Morgan fingerprint density at radius 2 is 1.59 bits per heavy atom. The third kappa shape index (κ3) is 3.72. The van der Waals surface area contributed by atoms with Crippen LogP contribution in [0.25, 0.3) is 0 Å². The molecule has 0 aromatic heterocycles. The molecule has 0 aliphatic carbocycles. The highest BCUT2D eigenvalue weighted by atomic mass is 15.2. The average Bonchev–Trinajstić information content (AvgIpc) is 2.34. The first-order valence-corrected chi connectivity index (χ1v) is 6.62. The Bertz CT molecular complexity index is 303. The quantitative estimate of drug-likeness (QED) is 0.859. The summed E-state index contributed by atoms with van der Waals surface area (Å²) in [6.45, 7) is 6.50. The zero-order chi connectivity index (χ0) is 11.9. The van der Waals surface area contributed by atoms with Gasteiger partial charge in [-0.15, -0.1) is 0 Å². The molecular weight excluding hydrogens is 210 g/mol. The molecule has 3 heteroatoms. The van der Waals surface area contributed by atoms with Crippen LogP contribution in [-0.2, 0) is 0 Å². The van der Waals surface area contributed by atoms with E-state index in [1.165, 1.54) is 31.6 Å². The van der Waals surface area contributed by atoms with E-state index in [9.17, 15) is 0 Å². The van der Waals surface area contributed by atoms with Crippen molar-refractivity contribution in [3.63, 3.8) is 0 Å². The smallest absolute Gasteiger partial charge is 0.0366 e. The van der Waals surface area contributed by atoms with E-state index in [4.69, 9.17) is 5.73 Å². The fourth-order valence-electron chi connectivity index (χ4n) is 2.50. The largest absolute Gasteiger partial charge is 0.371 e. The summed E-state index contributed by atoms with van der Waals surface area (Å²) >= 11 is 0. The van der Waals surface area contributed by atoms with Crippen molar-refractivity contribution in [1.29, 1.82) is 0 Å². The van der Waals surface area contributed by atoms with Crippen molar-refractivity contribution < 1.29 is 0 Å². The second-order valence-electron chi connectivity index (χ2n) is 4.66. The molecule has 1 aliphatic heterocycles. The summed E-state index contributed by atoms with van der Waals surface area (Å²) in [5.41, 5.74) is 6.98. The number of para-hydroxylation sites is 1. The summed E-state index contributed by atoms with van der Waals surface area (Å²) in [6.07, 6.45) is 2.46. The molecule has 1 aliphatic rings. The van der Waals surface area contributed by atoms with Crippen molar-refractivity contribution in [1.82, 2.24) is 4.90 Å². The van der Waals surface area contributed by atoms with Crippen molar-refractivity contribution in [2.45, 2.75) is 12.8 Å². The monoisotopic (exact) mass is 233 g/mol. The summed E-state index contributed by atoms with van der Waals surface area (Å²) in [6, 6.07) is 10.7. The Hall–Kier alpha value is -1.06. The molecule has 1 heterocycles. The predicted octanol–water partition coefficient (Wildman–Crippen LogP) is 1.55. The average molecular weight is 233 g/mol. The second kappa shape index (κ2) is 6.62. The predicted molar refractivity (Wildman–Crippen MR) is 73.4 cm³/mol. The van der Waals surface area contributed by atoms with Crippen LogP contribution in [0.2, 0.25) is 0 Å². The first-order valence-electron chi connectivity index (χ1n) is 6.62. The van der Waals surface area contributed by atoms with Crippen LogP contribution in [0.1, 0.15) is 12.8 Å². The van der Waals surface area contributed by atoms with Crippen LogP contribution in [0.3, 0.4) is 0 Å². The highest BCUT2D eigenvalue weighted by molar-refractivity contribution is 5.45. The van der Waals surface area contributed by atoms with Crippen LogP contribution >= 0.6 is 0 Å². The normalized spacial score (nSPS) is 18.8. The van der Waals surface area contributed by atoms with Gasteiger partial charge in [-0.05, 0) is 38.1 Å². The lowest BCUT2D eigenvalue weighted by Gasteiger charge is -2.31. The molecule has 0 saturated carbocycles. The third-order valence-corrected chi connectivity index (χ3v) is 3.37. The summed E-state index contributed by atoms with van der Waals surface area (Å²) in [7, 11) is 0. The van der Waals surface area contributed by atoms with Crippen LogP contribution < -0.4 is 10.6 Å². The molecule has 1 fully saturated rings. The Balaban J connectivity index is 1.88. The van der Waals surface area contributed by atoms with E-state index in [1.807, 2.05) is 0 Å². The van der Waals surface area contributed by atoms with Crippen molar-refractivity contribution in [3.05, 3.63) is 30.3 Å². The third-order valence-electron chi connectivity index (χ3n) is 3.37. The summed E-state index contributed by atoms with van der Waals surface area (Å²) < 4.78 is 0. The maximum absolute atomic E-state index is 5.62. The van der Waals surface area contributed by atoms with Gasteiger partial charge in [0.15, 0.2) is 0 Å². The fourth-order valence-corrected chi connectivity index (χ4v) is 2.50. The molecule has 0 radical (unpaired) electrons. The van der Waals surface area contributed by atoms with Gasteiger partial charge in [-0.2, -0.15) is 0 Å². The molecule has 17 heavy (non-hydrogen) atoms. The molecule has 0 spiro atoms. The van der Waals surface area contributed by atoms with Gasteiger partial charge in [-0.1, -0.05) is 18.2 Å². The van der Waals surface area contributed by atoms with Gasteiger partial charge in [0.25, 0.3) is 0 Å². The minimum atomic E-state index is 0.780. The van der Waals surface area contributed by atoms with E-state index in [0.29, 0.717) is 0 Å². The number of rotatable bonds is 3. The SMILES string of the molecule is NCCN1CCCN(c2ccccc2)CCC1. The van der Waals surface area contributed by atoms with Gasteiger partial charge in [0, 0.05) is 31.9 Å². The summed E-state index contributed by atoms with van der Waals surface area (Å²) in [5, 5.41) is 0. The maximum Gasteiger partial charge on any atom is 0.0366 e. The molecule has 94 valence electrons. The number of nitrogens with two attached hydrogens (primary N) is 1. The first kappa shape index (κ1) is 12.4. The number of hydrogen-bond donors (Lipinski definition) is 1. The van der Waals surface area contributed by atoms with Gasteiger partial charge in [0.05, 0.1) is 0 Å². The molecule has 3 nitrogen and oxygen atoms in total. The molecule has 2 rings (SSSR count). The lowest BCUT2D eigenvalue weighted by molar-refractivity contribution is 0.266. The highest BCUT2D eigenvalue weighted by Gasteiger charge is 2.12. The minimum Gasteiger partial charge on any atom is -0.371 e. The van der Waals surface area contributed by atoms with E-state index in [1.54, 1.807) is 0 Å². The van der Waals surface area contributed by atoms with Gasteiger partial charge in [0.2, 0.25) is 0 Å². The van der Waals surface area contributed by atoms with Gasteiger partial charge in [0.1, 0.15) is 0 Å². The van der Waals surface area contributed by atoms with E-state index in [2.05, 4.69) is 40.1 Å². The van der Waals surface area contributed by atoms with Crippen LogP contribution in [0, 0.1) is 0 Å². The van der Waals surface area contributed by atoms with Crippen molar-refractivity contribution in [2.24, 2.45) is 5.73 Å². The molecule has 1 aromatic carbocycles. The molecule has 1 aromatic rings. The number of anilines is 1. The Labute approximate surface area is 104 Å². The maximum atomic E-state index is 5.62. The lowest BCUT2D eigenvalue weighted by Crippen LogP contribution is -2.38. The number of benzene rings is 1. The van der Waals surface area contributed by atoms with E-state index in [-0.39, 0.29) is 0 Å². The molecule has 0 atom stereocenters. The van der Waals surface area contributed by atoms with Crippen LogP contribution in [0.5, 0.6) is 0 Å². The van der Waals surface area contributed by atoms with Gasteiger partial charge < -0.3 is 15.5 Å². The molecule has 0 unspecified atom stereocenters. The zero-order valence-corrected chi connectivity index (χ0v) is 10.5. The molecule has 1 saturated heterocycles. The van der Waals surface area contributed by atoms with Crippen molar-refractivity contribution >= 4 is 5.69 Å². The zero-order valence-electron chi connectivity index (χ0n) is 10.5. The van der Waals surface area contributed by atoms with Gasteiger partial charge in [-0.3, -0.25) is 0 Å². The number of nitrogens with zero attached hydrogens (tertiary/aromatic N) is 2. The van der Waals surface area contributed by atoms with Crippen molar-refractivity contribution in [3.8, 4) is 0 Å². The molecular formula is C14H23N3. The van der Waals surface area contributed by atoms with E-state index < -0.39 is 0 Å². The Kier molecular flexibility index (Phi) is 4.83. The highest BCUT2D eigenvalue weighted by Crippen LogP contribution is 2.15. The van der Waals surface area contributed by atoms with E-state index >= 15 is 0 Å². The minimum absolute atomic E-state index is 0.780. The van der Waals surface area contributed by atoms with Crippen molar-refractivity contribution in [2.75, 3.05) is 44.2 Å². The van der Waals surface area contributed by atoms with Crippen LogP contribution in [-0.4, -0.2) is 44.2 Å². The van der Waals surface area contributed by atoms with E-state index in [0.717, 1.165) is 26.2 Å². The lowest BCUT2D eigenvalue weighted by atomic mass is 10.2. The first-order chi connectivity index (χ1) is 8.40. The number of hydrogen-bond acceptors (Lipinski definition) is 3. The van der Waals surface area contributed by atoms with Gasteiger partial charge >= 0.3 is 0 Å². The Morgan fingerprint density at radius 3 is 2.18 bits per heavy atom. The standard InChI is InChI=1S/C14H23N3/c15-8-13-16-9-4-11-17(12-5-10-16)14-6-2-1-3-7-14/h1-3,6-7H,4-5,8-13,15H2.